The Hall–Kier alpha value is -3.26. The van der Waals surface area contributed by atoms with E-state index >= 15 is 0 Å². The molecule has 29 heavy (non-hydrogen) atoms. The molecule has 0 aliphatic heterocycles. The Balaban J connectivity index is 1.67. The second kappa shape index (κ2) is 8.00. The molecule has 8 heteroatoms. The van der Waals surface area contributed by atoms with Crippen molar-refractivity contribution in [3.05, 3.63) is 99.0 Å². The Morgan fingerprint density at radius 1 is 0.897 bits per heavy atom. The van der Waals surface area contributed by atoms with Gasteiger partial charge < -0.3 is 0 Å². The van der Waals surface area contributed by atoms with Crippen LogP contribution in [0.25, 0.3) is 22.6 Å². The summed E-state index contributed by atoms with van der Waals surface area (Å²) in [6, 6.07) is 13.3. The number of aromatic nitrogens is 4. The molecule has 0 N–H and O–H groups in total. The van der Waals surface area contributed by atoms with E-state index in [9.17, 15) is 13.6 Å². The first-order valence-corrected chi connectivity index (χ1v) is 9.39. The molecular weight excluding hydrogens is 442 g/mol. The molecule has 0 aliphatic carbocycles. The van der Waals surface area contributed by atoms with Crippen LogP contribution in [-0.4, -0.2) is 19.7 Å². The molecule has 2 aromatic heterocycles. The lowest BCUT2D eigenvalue weighted by atomic mass is 10.1. The van der Waals surface area contributed by atoms with Crippen LogP contribution in [0.3, 0.4) is 0 Å². The van der Waals surface area contributed by atoms with Crippen molar-refractivity contribution in [3.8, 4) is 22.6 Å². The van der Waals surface area contributed by atoms with Crippen molar-refractivity contribution >= 4 is 15.9 Å². The Bertz CT molecular complexity index is 1220. The molecule has 0 saturated heterocycles. The Labute approximate surface area is 172 Å². The van der Waals surface area contributed by atoms with Crippen LogP contribution < -0.4 is 5.56 Å². The number of rotatable bonds is 4. The lowest BCUT2D eigenvalue weighted by Gasteiger charge is -2.09. The second-order valence-corrected chi connectivity index (χ2v) is 7.21. The fraction of sp³-hybridized carbons (Fsp3) is 0.0476. The molecule has 0 radical (unpaired) electrons. The zero-order valence-electron chi connectivity index (χ0n) is 14.9. The summed E-state index contributed by atoms with van der Waals surface area (Å²) < 4.78 is 29.1. The predicted octanol–water partition coefficient (Wildman–Crippen LogP) is 4.46. The van der Waals surface area contributed by atoms with Crippen molar-refractivity contribution in [2.24, 2.45) is 0 Å². The van der Waals surface area contributed by atoms with E-state index in [0.29, 0.717) is 11.5 Å². The van der Waals surface area contributed by atoms with Gasteiger partial charge in [0.25, 0.3) is 5.56 Å². The molecule has 0 spiro atoms. The van der Waals surface area contributed by atoms with Crippen LogP contribution in [0, 0.1) is 11.6 Å². The SMILES string of the molecule is O=c1ccc(-c2cc(F)cc(F)c2)nn1Cc1cccc(-c2ncc(Br)cn2)c1. The highest BCUT2D eigenvalue weighted by molar-refractivity contribution is 9.10. The number of nitrogens with zero attached hydrogens (tertiary/aromatic N) is 4. The van der Waals surface area contributed by atoms with Gasteiger partial charge in [-0.1, -0.05) is 18.2 Å². The van der Waals surface area contributed by atoms with Gasteiger partial charge in [0.15, 0.2) is 5.82 Å². The highest BCUT2D eigenvalue weighted by Gasteiger charge is 2.09. The number of hydrogen-bond donors (Lipinski definition) is 0. The van der Waals surface area contributed by atoms with Gasteiger partial charge in [-0.05, 0) is 45.8 Å². The normalized spacial score (nSPS) is 10.9. The van der Waals surface area contributed by atoms with E-state index in [4.69, 9.17) is 0 Å². The molecule has 0 bridgehead atoms. The molecule has 144 valence electrons. The molecule has 0 saturated carbocycles. The largest absolute Gasteiger partial charge is 0.268 e. The van der Waals surface area contributed by atoms with Crippen LogP contribution in [-0.2, 0) is 6.54 Å². The van der Waals surface area contributed by atoms with Crippen LogP contribution in [0.2, 0.25) is 0 Å². The molecule has 2 aromatic carbocycles. The standard InChI is InChI=1S/C21H13BrF2N4O/c22-16-10-25-21(26-11-16)14-3-1-2-13(6-14)12-28-20(29)5-4-19(27-28)15-7-17(23)9-18(24)8-15/h1-11H,12H2. The third kappa shape index (κ3) is 4.43. The van der Waals surface area contributed by atoms with Crippen molar-refractivity contribution < 1.29 is 8.78 Å². The van der Waals surface area contributed by atoms with Gasteiger partial charge in [-0.2, -0.15) is 5.10 Å². The summed E-state index contributed by atoms with van der Waals surface area (Å²) in [4.78, 5) is 20.8. The molecule has 5 nitrogen and oxygen atoms in total. The van der Waals surface area contributed by atoms with Gasteiger partial charge in [0.1, 0.15) is 11.6 Å². The first kappa shape index (κ1) is 19.1. The monoisotopic (exact) mass is 454 g/mol. The van der Waals surface area contributed by atoms with Crippen LogP contribution in [0.1, 0.15) is 5.56 Å². The van der Waals surface area contributed by atoms with Gasteiger partial charge in [-0.15, -0.1) is 0 Å². The van der Waals surface area contributed by atoms with Crippen molar-refractivity contribution in [2.75, 3.05) is 0 Å². The average molecular weight is 455 g/mol. The van der Waals surface area contributed by atoms with Crippen LogP contribution in [0.4, 0.5) is 8.78 Å². The predicted molar refractivity (Wildman–Crippen MR) is 108 cm³/mol. The smallest absolute Gasteiger partial charge is 0.267 e. The first-order valence-electron chi connectivity index (χ1n) is 8.59. The van der Waals surface area contributed by atoms with E-state index < -0.39 is 11.6 Å². The van der Waals surface area contributed by atoms with Crippen LogP contribution >= 0.6 is 15.9 Å². The van der Waals surface area contributed by atoms with Gasteiger partial charge in [0, 0.05) is 35.7 Å². The molecule has 0 atom stereocenters. The molecule has 0 amide bonds. The lowest BCUT2D eigenvalue weighted by molar-refractivity contribution is 0.583. The van der Waals surface area contributed by atoms with E-state index in [1.165, 1.54) is 28.9 Å². The summed E-state index contributed by atoms with van der Waals surface area (Å²) >= 11 is 3.30. The minimum absolute atomic E-state index is 0.189. The Morgan fingerprint density at radius 2 is 1.62 bits per heavy atom. The Kier molecular flexibility index (Phi) is 5.26. The molecule has 4 aromatic rings. The fourth-order valence-electron chi connectivity index (χ4n) is 2.86. The van der Waals surface area contributed by atoms with Crippen molar-refractivity contribution in [1.82, 2.24) is 19.7 Å². The topological polar surface area (TPSA) is 60.7 Å². The van der Waals surface area contributed by atoms with E-state index in [2.05, 4.69) is 31.0 Å². The first-order chi connectivity index (χ1) is 14.0. The number of benzene rings is 2. The molecule has 0 aliphatic rings. The van der Waals surface area contributed by atoms with Gasteiger partial charge in [0.05, 0.1) is 16.7 Å². The summed E-state index contributed by atoms with van der Waals surface area (Å²) in [5, 5.41) is 4.27. The van der Waals surface area contributed by atoms with Crippen molar-refractivity contribution in [3.63, 3.8) is 0 Å². The highest BCUT2D eigenvalue weighted by atomic mass is 79.9. The zero-order chi connectivity index (χ0) is 20.4. The summed E-state index contributed by atoms with van der Waals surface area (Å²) in [5.41, 5.74) is 1.84. The summed E-state index contributed by atoms with van der Waals surface area (Å²) in [5.74, 6) is -0.858. The summed E-state index contributed by atoms with van der Waals surface area (Å²) in [6.07, 6.45) is 3.31. The van der Waals surface area contributed by atoms with E-state index in [1.54, 1.807) is 12.4 Å². The molecular formula is C21H13BrF2N4O. The number of hydrogen-bond acceptors (Lipinski definition) is 4. The highest BCUT2D eigenvalue weighted by Crippen LogP contribution is 2.20. The third-order valence-corrected chi connectivity index (χ3v) is 4.57. The zero-order valence-corrected chi connectivity index (χ0v) is 16.5. The third-order valence-electron chi connectivity index (χ3n) is 4.16. The quantitative estimate of drug-likeness (QED) is 0.456. The molecule has 0 unspecified atom stereocenters. The minimum atomic E-state index is -0.707. The summed E-state index contributed by atoms with van der Waals surface area (Å²) in [7, 11) is 0. The van der Waals surface area contributed by atoms with Gasteiger partial charge in [0.2, 0.25) is 0 Å². The van der Waals surface area contributed by atoms with E-state index in [-0.39, 0.29) is 17.7 Å². The van der Waals surface area contributed by atoms with Gasteiger partial charge in [-0.3, -0.25) is 4.79 Å². The Morgan fingerprint density at radius 3 is 2.34 bits per heavy atom. The maximum atomic E-state index is 13.5. The average Bonchev–Trinajstić information content (AvgIpc) is 2.70. The molecule has 0 fully saturated rings. The minimum Gasteiger partial charge on any atom is -0.268 e. The van der Waals surface area contributed by atoms with Crippen LogP contribution in [0.15, 0.2) is 76.3 Å². The fourth-order valence-corrected chi connectivity index (χ4v) is 3.07. The maximum absolute atomic E-state index is 13.5. The summed E-state index contributed by atoms with van der Waals surface area (Å²) in [6.45, 7) is 0.189. The van der Waals surface area contributed by atoms with Gasteiger partial charge in [-0.25, -0.2) is 23.4 Å². The molecule has 4 rings (SSSR count). The van der Waals surface area contributed by atoms with Crippen molar-refractivity contribution in [1.29, 1.82) is 0 Å². The number of halogens is 3. The van der Waals surface area contributed by atoms with Crippen LogP contribution in [0.5, 0.6) is 0 Å². The second-order valence-electron chi connectivity index (χ2n) is 6.30. The van der Waals surface area contributed by atoms with Gasteiger partial charge >= 0.3 is 0 Å². The van der Waals surface area contributed by atoms with E-state index in [1.807, 2.05) is 24.3 Å². The lowest BCUT2D eigenvalue weighted by Crippen LogP contribution is -2.22. The van der Waals surface area contributed by atoms with Crippen molar-refractivity contribution in [2.45, 2.75) is 6.54 Å². The molecule has 2 heterocycles. The van der Waals surface area contributed by atoms with E-state index in [0.717, 1.165) is 21.7 Å². The maximum Gasteiger partial charge on any atom is 0.267 e.